The molecule has 0 amide bonds. The van der Waals surface area contributed by atoms with Crippen LogP contribution in [0.15, 0.2) is 46.2 Å². The minimum absolute atomic E-state index is 0.00898. The summed E-state index contributed by atoms with van der Waals surface area (Å²) < 4.78 is 47.0. The van der Waals surface area contributed by atoms with Gasteiger partial charge in [-0.3, -0.25) is 9.59 Å². The molecule has 0 radical (unpaired) electrons. The largest absolute Gasteiger partial charge is 0.494 e. The highest BCUT2D eigenvalue weighted by Gasteiger charge is 2.23. The topological polar surface area (TPSA) is 105 Å². The highest BCUT2D eigenvalue weighted by molar-refractivity contribution is 7.91. The lowest BCUT2D eigenvalue weighted by Gasteiger charge is -2.19. The second kappa shape index (κ2) is 13.0. The Morgan fingerprint density at radius 3 is 2.06 bits per heavy atom. The maximum atomic E-state index is 13.0. The molecular formula is C22H23Cl3O8S. The Bertz CT molecular complexity index is 1080. The van der Waals surface area contributed by atoms with Gasteiger partial charge in [0, 0.05) is 19.7 Å². The Kier molecular flexibility index (Phi) is 10.8. The predicted octanol–water partition coefficient (Wildman–Crippen LogP) is 4.71. The monoisotopic (exact) mass is 552 g/mol. The second-order valence-electron chi connectivity index (χ2n) is 6.93. The SMILES string of the molecule is CC(=O)OC[C@@H](COc1c(Cl)cc(S(=O)(=O)c2ccc(OCCCCl)cc2)cc1Cl)OC(C)=O. The molecule has 2 aromatic carbocycles. The summed E-state index contributed by atoms with van der Waals surface area (Å²) in [6.45, 7) is 2.35. The van der Waals surface area contributed by atoms with Crippen molar-refractivity contribution >= 4 is 56.6 Å². The summed E-state index contributed by atoms with van der Waals surface area (Å²) in [6, 6.07) is 8.32. The van der Waals surface area contributed by atoms with E-state index in [9.17, 15) is 18.0 Å². The molecule has 2 aromatic rings. The van der Waals surface area contributed by atoms with Crippen molar-refractivity contribution in [2.75, 3.05) is 25.7 Å². The third-order valence-electron chi connectivity index (χ3n) is 4.18. The molecule has 0 heterocycles. The Hall–Kier alpha value is -2.20. The average molecular weight is 554 g/mol. The van der Waals surface area contributed by atoms with Crippen LogP contribution in [-0.4, -0.2) is 52.2 Å². The summed E-state index contributed by atoms with van der Waals surface area (Å²) in [6.07, 6.45) is -0.250. The zero-order valence-electron chi connectivity index (χ0n) is 18.4. The highest BCUT2D eigenvalue weighted by Crippen LogP contribution is 2.37. The summed E-state index contributed by atoms with van der Waals surface area (Å²) >= 11 is 18.1. The standard InChI is InChI=1S/C22H23Cl3O8S/c1-14(26)31-12-17(33-15(2)27)13-32-22-20(24)10-19(11-21(22)25)34(28,29)18-6-4-16(5-7-18)30-9-3-8-23/h4-7,10-11,17H,3,8-9,12-13H2,1-2H3/t17-/m0/s1. The van der Waals surface area contributed by atoms with E-state index in [2.05, 4.69) is 0 Å². The zero-order chi connectivity index (χ0) is 25.3. The van der Waals surface area contributed by atoms with Crippen LogP contribution in [0.4, 0.5) is 0 Å². The first-order valence-corrected chi connectivity index (χ1v) is 12.8. The lowest BCUT2D eigenvalue weighted by Crippen LogP contribution is -2.30. The van der Waals surface area contributed by atoms with E-state index < -0.39 is 27.9 Å². The molecule has 12 heteroatoms. The maximum absolute atomic E-state index is 13.0. The number of benzene rings is 2. The molecule has 0 saturated carbocycles. The average Bonchev–Trinajstić information content (AvgIpc) is 2.76. The molecule has 2 rings (SSSR count). The van der Waals surface area contributed by atoms with Gasteiger partial charge < -0.3 is 18.9 Å². The first kappa shape index (κ1) is 28.0. The number of halogens is 3. The number of esters is 2. The van der Waals surface area contributed by atoms with Gasteiger partial charge in [-0.2, -0.15) is 0 Å². The van der Waals surface area contributed by atoms with Crippen LogP contribution >= 0.6 is 34.8 Å². The third kappa shape index (κ3) is 8.23. The minimum Gasteiger partial charge on any atom is -0.494 e. The van der Waals surface area contributed by atoms with E-state index in [1.807, 2.05) is 0 Å². The van der Waals surface area contributed by atoms with Crippen LogP contribution in [0.5, 0.6) is 11.5 Å². The Morgan fingerprint density at radius 2 is 1.53 bits per heavy atom. The molecule has 0 bridgehead atoms. The number of carbonyl (C=O) groups is 2. The normalized spacial score (nSPS) is 12.0. The first-order chi connectivity index (χ1) is 16.0. The van der Waals surface area contributed by atoms with Gasteiger partial charge in [-0.05, 0) is 42.8 Å². The van der Waals surface area contributed by atoms with Crippen molar-refractivity contribution < 1.29 is 37.0 Å². The van der Waals surface area contributed by atoms with Crippen LogP contribution in [0, 0.1) is 0 Å². The quantitative estimate of drug-likeness (QED) is 0.211. The van der Waals surface area contributed by atoms with Gasteiger partial charge in [0.25, 0.3) is 0 Å². The second-order valence-corrected chi connectivity index (χ2v) is 10.1. The number of hydrogen-bond acceptors (Lipinski definition) is 8. The van der Waals surface area contributed by atoms with Crippen LogP contribution in [0.3, 0.4) is 0 Å². The van der Waals surface area contributed by atoms with Crippen molar-refractivity contribution in [2.24, 2.45) is 0 Å². The molecule has 0 spiro atoms. The smallest absolute Gasteiger partial charge is 0.303 e. The van der Waals surface area contributed by atoms with Gasteiger partial charge in [-0.15, -0.1) is 11.6 Å². The van der Waals surface area contributed by atoms with Crippen molar-refractivity contribution in [3.8, 4) is 11.5 Å². The van der Waals surface area contributed by atoms with Crippen LogP contribution in [-0.2, 0) is 28.9 Å². The molecular weight excluding hydrogens is 531 g/mol. The molecule has 1 atom stereocenters. The molecule has 0 saturated heterocycles. The van der Waals surface area contributed by atoms with E-state index in [0.717, 1.165) is 0 Å². The van der Waals surface area contributed by atoms with Crippen LogP contribution in [0.1, 0.15) is 20.3 Å². The lowest BCUT2D eigenvalue weighted by atomic mass is 10.3. The van der Waals surface area contributed by atoms with Gasteiger partial charge in [-0.25, -0.2) is 8.42 Å². The van der Waals surface area contributed by atoms with Crippen LogP contribution in [0.25, 0.3) is 0 Å². The summed E-state index contributed by atoms with van der Waals surface area (Å²) in [5.74, 6) is -0.192. The van der Waals surface area contributed by atoms with E-state index >= 15 is 0 Å². The van der Waals surface area contributed by atoms with Crippen molar-refractivity contribution in [1.82, 2.24) is 0 Å². The molecule has 0 N–H and O–H groups in total. The molecule has 0 aliphatic heterocycles. The van der Waals surface area contributed by atoms with Gasteiger partial charge in [0.15, 0.2) is 11.9 Å². The van der Waals surface area contributed by atoms with Gasteiger partial charge in [0.1, 0.15) is 19.0 Å². The number of hydrogen-bond donors (Lipinski definition) is 0. The van der Waals surface area contributed by atoms with Gasteiger partial charge in [0.05, 0.1) is 26.4 Å². The fourth-order valence-electron chi connectivity index (χ4n) is 2.66. The maximum Gasteiger partial charge on any atom is 0.303 e. The molecule has 0 unspecified atom stereocenters. The summed E-state index contributed by atoms with van der Waals surface area (Å²) in [5, 5.41) is -0.137. The Morgan fingerprint density at radius 1 is 0.912 bits per heavy atom. The fraction of sp³-hybridized carbons (Fsp3) is 0.364. The number of alkyl halides is 1. The van der Waals surface area contributed by atoms with Crippen LogP contribution in [0.2, 0.25) is 10.0 Å². The number of sulfone groups is 1. The number of rotatable bonds is 12. The van der Waals surface area contributed by atoms with Gasteiger partial charge in [0.2, 0.25) is 9.84 Å². The predicted molar refractivity (Wildman–Crippen MR) is 127 cm³/mol. The molecule has 0 aliphatic carbocycles. The van der Waals surface area contributed by atoms with Crippen LogP contribution < -0.4 is 9.47 Å². The van der Waals surface area contributed by atoms with Crippen molar-refractivity contribution in [1.29, 1.82) is 0 Å². The van der Waals surface area contributed by atoms with E-state index in [1.54, 1.807) is 12.1 Å². The molecule has 0 fully saturated rings. The fourth-order valence-corrected chi connectivity index (χ4v) is 4.81. The molecule has 0 aromatic heterocycles. The van der Waals surface area contributed by atoms with E-state index in [1.165, 1.54) is 38.1 Å². The van der Waals surface area contributed by atoms with Crippen molar-refractivity contribution in [2.45, 2.75) is 36.2 Å². The van der Waals surface area contributed by atoms with Gasteiger partial charge >= 0.3 is 11.9 Å². The molecule has 34 heavy (non-hydrogen) atoms. The summed E-state index contributed by atoms with van der Waals surface area (Å²) in [4.78, 5) is 22.2. The molecule has 0 aliphatic rings. The van der Waals surface area contributed by atoms with Gasteiger partial charge in [-0.1, -0.05) is 23.2 Å². The number of carbonyl (C=O) groups excluding carboxylic acids is 2. The summed E-state index contributed by atoms with van der Waals surface area (Å²) in [5.41, 5.74) is 0. The van der Waals surface area contributed by atoms with E-state index in [4.69, 9.17) is 53.8 Å². The lowest BCUT2D eigenvalue weighted by molar-refractivity contribution is -0.158. The Balaban J connectivity index is 2.18. The minimum atomic E-state index is -3.94. The third-order valence-corrected chi connectivity index (χ3v) is 6.76. The van der Waals surface area contributed by atoms with Crippen molar-refractivity contribution in [3.63, 3.8) is 0 Å². The summed E-state index contributed by atoms with van der Waals surface area (Å²) in [7, 11) is -3.94. The first-order valence-electron chi connectivity index (χ1n) is 10.0. The van der Waals surface area contributed by atoms with Crippen molar-refractivity contribution in [3.05, 3.63) is 46.4 Å². The number of ether oxygens (including phenoxy) is 4. The molecule has 186 valence electrons. The van der Waals surface area contributed by atoms with E-state index in [-0.39, 0.29) is 38.8 Å². The van der Waals surface area contributed by atoms with E-state index in [0.29, 0.717) is 24.7 Å². The Labute approximate surface area is 212 Å². The molecule has 8 nitrogen and oxygen atoms in total. The highest BCUT2D eigenvalue weighted by atomic mass is 35.5. The zero-order valence-corrected chi connectivity index (χ0v) is 21.5.